The van der Waals surface area contributed by atoms with Crippen LogP contribution in [-0.2, 0) is 16.6 Å². The van der Waals surface area contributed by atoms with Gasteiger partial charge in [0.1, 0.15) is 5.75 Å². The van der Waals surface area contributed by atoms with E-state index in [0.717, 1.165) is 49.5 Å². The van der Waals surface area contributed by atoms with Gasteiger partial charge in [-0.2, -0.15) is 13.2 Å². The maximum absolute atomic E-state index is 12.6. The Balaban J connectivity index is 1.68. The SMILES string of the molecule is C=COC(=O)N1CC[C@]23CCCC[C@H]2[C@H]1Cc1ccc(OCC(F)(F)F)cc13. The molecule has 1 heterocycles. The summed E-state index contributed by atoms with van der Waals surface area (Å²) in [5, 5.41) is 0. The second-order valence-electron chi connectivity index (χ2n) is 8.00. The molecule has 1 aliphatic heterocycles. The second-order valence-corrected chi connectivity index (χ2v) is 8.00. The van der Waals surface area contributed by atoms with Gasteiger partial charge < -0.3 is 14.4 Å². The fourth-order valence-electron chi connectivity index (χ4n) is 5.60. The van der Waals surface area contributed by atoms with E-state index < -0.39 is 12.8 Å². The lowest BCUT2D eigenvalue weighted by atomic mass is 9.52. The molecular formula is C21H24F3NO3. The molecular weight excluding hydrogens is 371 g/mol. The summed E-state index contributed by atoms with van der Waals surface area (Å²) >= 11 is 0. The Morgan fingerprint density at radius 3 is 2.89 bits per heavy atom. The molecule has 0 N–H and O–H groups in total. The van der Waals surface area contributed by atoms with E-state index in [1.165, 1.54) is 0 Å². The highest BCUT2D eigenvalue weighted by Gasteiger charge is 2.55. The first kappa shape index (κ1) is 19.2. The molecule has 0 unspecified atom stereocenters. The maximum Gasteiger partial charge on any atom is 0.422 e. The number of amides is 1. The summed E-state index contributed by atoms with van der Waals surface area (Å²) in [6, 6.07) is 5.33. The number of benzene rings is 1. The van der Waals surface area contributed by atoms with E-state index in [1.54, 1.807) is 6.07 Å². The number of hydrogen-bond donors (Lipinski definition) is 0. The standard InChI is InChI=1S/C21H24F3NO3/c1-2-27-19(26)25-10-9-20-8-4-3-5-16(20)18(25)11-14-6-7-15(12-17(14)20)28-13-21(22,23)24/h2,6-7,12,16,18H,1,3-5,8-11,13H2/t16-,18+,20+/m0/s1. The van der Waals surface area contributed by atoms with Crippen LogP contribution < -0.4 is 4.74 Å². The normalized spacial score (nSPS) is 28.8. The van der Waals surface area contributed by atoms with Crippen molar-refractivity contribution in [1.29, 1.82) is 0 Å². The Bertz CT molecular complexity index is 779. The highest BCUT2D eigenvalue weighted by Crippen LogP contribution is 2.56. The van der Waals surface area contributed by atoms with E-state index in [-0.39, 0.29) is 29.2 Å². The molecule has 3 atom stereocenters. The molecule has 1 saturated heterocycles. The zero-order valence-electron chi connectivity index (χ0n) is 15.6. The van der Waals surface area contributed by atoms with Gasteiger partial charge in [-0.3, -0.25) is 0 Å². The first-order valence-electron chi connectivity index (χ1n) is 9.75. The number of carbonyl (C=O) groups excluding carboxylic acids is 1. The van der Waals surface area contributed by atoms with Gasteiger partial charge in [-0.15, -0.1) is 0 Å². The van der Waals surface area contributed by atoms with E-state index in [4.69, 9.17) is 9.47 Å². The number of piperidine rings is 1. The topological polar surface area (TPSA) is 38.8 Å². The van der Waals surface area contributed by atoms with E-state index in [9.17, 15) is 18.0 Å². The Morgan fingerprint density at radius 1 is 1.32 bits per heavy atom. The summed E-state index contributed by atoms with van der Waals surface area (Å²) in [4.78, 5) is 14.2. The van der Waals surface area contributed by atoms with E-state index in [1.807, 2.05) is 17.0 Å². The molecule has 1 saturated carbocycles. The van der Waals surface area contributed by atoms with Crippen LogP contribution in [0.2, 0.25) is 0 Å². The molecule has 0 radical (unpaired) electrons. The van der Waals surface area contributed by atoms with Gasteiger partial charge in [-0.05, 0) is 54.9 Å². The van der Waals surface area contributed by atoms with Crippen LogP contribution in [0.3, 0.4) is 0 Å². The highest BCUT2D eigenvalue weighted by atomic mass is 19.4. The molecule has 2 fully saturated rings. The van der Waals surface area contributed by atoms with Crippen molar-refractivity contribution in [2.45, 2.75) is 56.2 Å². The fourth-order valence-corrected chi connectivity index (χ4v) is 5.60. The van der Waals surface area contributed by atoms with Gasteiger partial charge in [0, 0.05) is 18.0 Å². The number of carbonyl (C=O) groups is 1. The summed E-state index contributed by atoms with van der Waals surface area (Å²) in [5.74, 6) is 0.555. The number of fused-ring (bicyclic) bond motifs is 1. The number of rotatable bonds is 3. The Kier molecular flexibility index (Phi) is 4.79. The second kappa shape index (κ2) is 7.01. The first-order chi connectivity index (χ1) is 13.3. The lowest BCUT2D eigenvalue weighted by Crippen LogP contribution is -2.62. The zero-order chi connectivity index (χ0) is 19.9. The van der Waals surface area contributed by atoms with Crippen LogP contribution in [0.5, 0.6) is 5.75 Å². The summed E-state index contributed by atoms with van der Waals surface area (Å²) in [7, 11) is 0. The van der Waals surface area contributed by atoms with Gasteiger partial charge >= 0.3 is 12.3 Å². The predicted molar refractivity (Wildman–Crippen MR) is 97.1 cm³/mol. The van der Waals surface area contributed by atoms with Crippen molar-refractivity contribution < 1.29 is 27.4 Å². The van der Waals surface area contributed by atoms with Crippen LogP contribution in [0.4, 0.5) is 18.0 Å². The zero-order valence-corrected chi connectivity index (χ0v) is 15.6. The van der Waals surface area contributed by atoms with Gasteiger partial charge in [-0.25, -0.2) is 4.79 Å². The molecule has 2 aliphatic carbocycles. The summed E-state index contributed by atoms with van der Waals surface area (Å²) in [5.41, 5.74) is 2.11. The molecule has 0 spiro atoms. The molecule has 152 valence electrons. The van der Waals surface area contributed by atoms with Gasteiger partial charge in [0.2, 0.25) is 0 Å². The van der Waals surface area contributed by atoms with Gasteiger partial charge in [0.05, 0.1) is 6.26 Å². The average molecular weight is 395 g/mol. The minimum atomic E-state index is -4.36. The molecule has 2 bridgehead atoms. The molecule has 28 heavy (non-hydrogen) atoms. The molecule has 1 aromatic rings. The Hall–Kier alpha value is -2.18. The van der Waals surface area contributed by atoms with Crippen molar-refractivity contribution in [1.82, 2.24) is 4.90 Å². The summed E-state index contributed by atoms with van der Waals surface area (Å²) in [6.45, 7) is 2.77. The number of nitrogens with zero attached hydrogens (tertiary/aromatic N) is 1. The van der Waals surface area contributed by atoms with Crippen molar-refractivity contribution in [2.24, 2.45) is 5.92 Å². The van der Waals surface area contributed by atoms with Crippen molar-refractivity contribution in [3.05, 3.63) is 42.2 Å². The van der Waals surface area contributed by atoms with E-state index >= 15 is 0 Å². The van der Waals surface area contributed by atoms with Crippen molar-refractivity contribution in [2.75, 3.05) is 13.2 Å². The van der Waals surface area contributed by atoms with E-state index in [0.29, 0.717) is 13.0 Å². The van der Waals surface area contributed by atoms with Crippen molar-refractivity contribution in [3.63, 3.8) is 0 Å². The van der Waals surface area contributed by atoms with Crippen molar-refractivity contribution in [3.8, 4) is 5.75 Å². The highest BCUT2D eigenvalue weighted by molar-refractivity contribution is 5.69. The van der Waals surface area contributed by atoms with Crippen LogP contribution in [0.25, 0.3) is 0 Å². The third kappa shape index (κ3) is 3.25. The van der Waals surface area contributed by atoms with Crippen LogP contribution in [-0.4, -0.2) is 36.4 Å². The van der Waals surface area contributed by atoms with Crippen LogP contribution in [0, 0.1) is 5.92 Å². The first-order valence-corrected chi connectivity index (χ1v) is 9.75. The lowest BCUT2D eigenvalue weighted by molar-refractivity contribution is -0.153. The Labute approximate surface area is 162 Å². The van der Waals surface area contributed by atoms with Crippen molar-refractivity contribution >= 4 is 6.09 Å². The molecule has 1 amide bonds. The Morgan fingerprint density at radius 2 is 2.14 bits per heavy atom. The predicted octanol–water partition coefficient (Wildman–Crippen LogP) is 4.97. The number of alkyl halides is 3. The third-order valence-electron chi connectivity index (χ3n) is 6.63. The number of likely N-dealkylation sites (tertiary alicyclic amines) is 1. The number of hydrogen-bond acceptors (Lipinski definition) is 3. The molecule has 1 aromatic carbocycles. The smallest absolute Gasteiger partial charge is 0.422 e. The third-order valence-corrected chi connectivity index (χ3v) is 6.63. The van der Waals surface area contributed by atoms with Crippen LogP contribution in [0.15, 0.2) is 31.0 Å². The lowest BCUT2D eigenvalue weighted by Gasteiger charge is -2.58. The molecule has 4 nitrogen and oxygen atoms in total. The molecule has 4 rings (SSSR count). The van der Waals surface area contributed by atoms with Gasteiger partial charge in [-0.1, -0.05) is 25.5 Å². The summed E-state index contributed by atoms with van der Waals surface area (Å²) in [6.07, 6.45) is 2.11. The monoisotopic (exact) mass is 395 g/mol. The largest absolute Gasteiger partial charge is 0.484 e. The maximum atomic E-state index is 12.6. The number of halogens is 3. The summed E-state index contributed by atoms with van der Waals surface area (Å²) < 4.78 is 47.7. The van der Waals surface area contributed by atoms with Crippen LogP contribution in [0.1, 0.15) is 43.2 Å². The fraction of sp³-hybridized carbons (Fsp3) is 0.571. The van der Waals surface area contributed by atoms with Gasteiger partial charge in [0.15, 0.2) is 6.61 Å². The average Bonchev–Trinajstić information content (AvgIpc) is 2.66. The quantitative estimate of drug-likeness (QED) is 0.679. The molecule has 3 aliphatic rings. The number of ether oxygens (including phenoxy) is 2. The van der Waals surface area contributed by atoms with Gasteiger partial charge in [0.25, 0.3) is 0 Å². The van der Waals surface area contributed by atoms with E-state index in [2.05, 4.69) is 6.58 Å². The molecule has 0 aromatic heterocycles. The minimum absolute atomic E-state index is 0.0518. The molecule has 7 heteroatoms. The van der Waals surface area contributed by atoms with Crippen LogP contribution >= 0.6 is 0 Å². The minimum Gasteiger partial charge on any atom is -0.484 e.